The highest BCUT2D eigenvalue weighted by Gasteiger charge is 2.30. The highest BCUT2D eigenvalue weighted by atomic mass is 32.1. The van der Waals surface area contributed by atoms with E-state index in [0.29, 0.717) is 31.1 Å². The molecule has 43 heavy (non-hydrogen) atoms. The van der Waals surface area contributed by atoms with Gasteiger partial charge in [-0.2, -0.15) is 16.4 Å². The van der Waals surface area contributed by atoms with Crippen molar-refractivity contribution in [3.05, 3.63) is 99.5 Å². The molecule has 1 aliphatic rings. The minimum Gasteiger partial charge on any atom is -0.487 e. The van der Waals surface area contributed by atoms with Gasteiger partial charge in [-0.1, -0.05) is 42.8 Å². The number of carbonyl (C=O) groups is 3. The number of hydrogen-bond donors (Lipinski definition) is 2. The van der Waals surface area contributed by atoms with Gasteiger partial charge in [0.1, 0.15) is 30.7 Å². The molecule has 2 aromatic carbocycles. The Bertz CT molecular complexity index is 1550. The summed E-state index contributed by atoms with van der Waals surface area (Å²) in [4.78, 5) is 38.2. The average Bonchev–Trinajstić information content (AvgIpc) is 3.67. The topological polar surface area (TPSA) is 129 Å². The number of hydrogen-bond acceptors (Lipinski definition) is 8. The molecule has 0 spiro atoms. The van der Waals surface area contributed by atoms with Crippen LogP contribution in [0.3, 0.4) is 0 Å². The Hall–Kier alpha value is -4.48. The van der Waals surface area contributed by atoms with Gasteiger partial charge in [-0.15, -0.1) is 0 Å². The number of nitrogens with one attached hydrogen (secondary N) is 1. The monoisotopic (exact) mass is 603 g/mol. The fourth-order valence-electron chi connectivity index (χ4n) is 4.91. The van der Waals surface area contributed by atoms with E-state index in [1.807, 2.05) is 60.1 Å². The second kappa shape index (κ2) is 14.1. The molecular weight excluding hydrogens is 570 g/mol. The maximum absolute atomic E-state index is 13.4. The van der Waals surface area contributed by atoms with Gasteiger partial charge >= 0.3 is 11.9 Å². The summed E-state index contributed by atoms with van der Waals surface area (Å²) in [7, 11) is 0. The number of rotatable bonds is 12. The second-order valence-electron chi connectivity index (χ2n) is 10.4. The number of ether oxygens (including phenoxy) is 3. The Balaban J connectivity index is 1.27. The first-order valence-corrected chi connectivity index (χ1v) is 15.0. The van der Waals surface area contributed by atoms with Gasteiger partial charge in [0.05, 0.1) is 18.4 Å². The maximum Gasteiger partial charge on any atom is 0.356 e. The molecule has 0 saturated heterocycles. The molecule has 2 atom stereocenters. The van der Waals surface area contributed by atoms with Gasteiger partial charge < -0.3 is 24.6 Å². The van der Waals surface area contributed by atoms with Gasteiger partial charge in [0.2, 0.25) is 0 Å². The van der Waals surface area contributed by atoms with Crippen molar-refractivity contribution in [1.82, 2.24) is 9.78 Å². The number of carboxylic acid groups (broad SMARTS) is 1. The molecule has 1 fully saturated rings. The van der Waals surface area contributed by atoms with Crippen molar-refractivity contribution in [2.75, 3.05) is 5.32 Å². The Morgan fingerprint density at radius 2 is 1.79 bits per heavy atom. The standard InChI is InChI=1S/C32H33N3O7S/c1-21-11-12-27(40-19-23-13-14-43-20-23)24(15-21)33-31(37)26-16-25(32(38)39)34-35(26)17-30(36)42-29-10-6-5-9-28(29)41-18-22-7-3-2-4-8-22/h2-4,7-8,11-16,20,28-29H,5-6,9-10,17-19H2,1H3,(H,33,37)(H,38,39)/t28-,29-/m0/s1. The van der Waals surface area contributed by atoms with E-state index >= 15 is 0 Å². The highest BCUT2D eigenvalue weighted by molar-refractivity contribution is 7.07. The molecule has 10 nitrogen and oxygen atoms in total. The molecule has 2 N–H and O–H groups in total. The van der Waals surface area contributed by atoms with Gasteiger partial charge in [-0.3, -0.25) is 9.59 Å². The molecule has 224 valence electrons. The predicted octanol–water partition coefficient (Wildman–Crippen LogP) is 5.85. The summed E-state index contributed by atoms with van der Waals surface area (Å²) in [5.41, 5.74) is 2.86. The first-order chi connectivity index (χ1) is 20.9. The van der Waals surface area contributed by atoms with Crippen LogP contribution in [0, 0.1) is 6.92 Å². The van der Waals surface area contributed by atoms with Crippen LogP contribution in [0.1, 0.15) is 63.4 Å². The summed E-state index contributed by atoms with van der Waals surface area (Å²) in [6.07, 6.45) is 2.57. The Morgan fingerprint density at radius 3 is 2.53 bits per heavy atom. The number of carboxylic acids is 1. The Labute approximate surface area is 253 Å². The lowest BCUT2D eigenvalue weighted by Gasteiger charge is -2.31. The highest BCUT2D eigenvalue weighted by Crippen LogP contribution is 2.28. The van der Waals surface area contributed by atoms with Gasteiger partial charge in [0.15, 0.2) is 5.69 Å². The molecule has 0 aliphatic heterocycles. The lowest BCUT2D eigenvalue weighted by molar-refractivity contribution is -0.163. The van der Waals surface area contributed by atoms with Crippen LogP contribution in [0.2, 0.25) is 0 Å². The number of carbonyl (C=O) groups excluding carboxylic acids is 2. The van der Waals surface area contributed by atoms with Gasteiger partial charge in [0.25, 0.3) is 5.91 Å². The fourth-order valence-corrected chi connectivity index (χ4v) is 5.56. The first kappa shape index (κ1) is 30.0. The van der Waals surface area contributed by atoms with Crippen LogP contribution in [0.5, 0.6) is 5.75 Å². The summed E-state index contributed by atoms with van der Waals surface area (Å²) in [5.74, 6) is -2.14. The number of aromatic carboxylic acids is 1. The van der Waals surface area contributed by atoms with E-state index in [1.165, 1.54) is 0 Å². The molecule has 1 amide bonds. The third-order valence-electron chi connectivity index (χ3n) is 7.10. The quantitative estimate of drug-likeness (QED) is 0.193. The lowest BCUT2D eigenvalue weighted by Crippen LogP contribution is -2.37. The summed E-state index contributed by atoms with van der Waals surface area (Å²) >= 11 is 1.56. The van der Waals surface area contributed by atoms with Gasteiger partial charge in [-0.25, -0.2) is 9.48 Å². The fraction of sp³-hybridized carbons (Fsp3) is 0.312. The lowest BCUT2D eigenvalue weighted by atomic mass is 9.94. The molecule has 0 unspecified atom stereocenters. The zero-order valence-corrected chi connectivity index (χ0v) is 24.5. The van der Waals surface area contributed by atoms with E-state index in [-0.39, 0.29) is 17.5 Å². The first-order valence-electron chi connectivity index (χ1n) is 14.1. The van der Waals surface area contributed by atoms with Crippen molar-refractivity contribution in [3.8, 4) is 5.75 Å². The largest absolute Gasteiger partial charge is 0.487 e. The molecule has 0 radical (unpaired) electrons. The van der Waals surface area contributed by atoms with E-state index in [4.69, 9.17) is 14.2 Å². The van der Waals surface area contributed by atoms with Crippen LogP contribution >= 0.6 is 11.3 Å². The number of thiophene rings is 1. The zero-order chi connectivity index (χ0) is 30.2. The van der Waals surface area contributed by atoms with Crippen molar-refractivity contribution < 1.29 is 33.7 Å². The molecule has 4 aromatic rings. The van der Waals surface area contributed by atoms with Gasteiger partial charge in [0, 0.05) is 6.07 Å². The molecule has 11 heteroatoms. The minimum atomic E-state index is -1.32. The van der Waals surface area contributed by atoms with Crippen LogP contribution in [-0.2, 0) is 34.0 Å². The molecular formula is C32H33N3O7S. The zero-order valence-electron chi connectivity index (χ0n) is 23.7. The Kier molecular flexibility index (Phi) is 9.85. The second-order valence-corrected chi connectivity index (χ2v) is 11.2. The number of esters is 1. The third kappa shape index (κ3) is 8.08. The molecule has 5 rings (SSSR count). The number of benzene rings is 2. The van der Waals surface area contributed by atoms with Crippen molar-refractivity contribution >= 4 is 34.9 Å². The van der Waals surface area contributed by atoms with Crippen molar-refractivity contribution in [1.29, 1.82) is 0 Å². The third-order valence-corrected chi connectivity index (χ3v) is 7.83. The summed E-state index contributed by atoms with van der Waals surface area (Å²) in [6, 6.07) is 18.2. The smallest absolute Gasteiger partial charge is 0.356 e. The summed E-state index contributed by atoms with van der Waals surface area (Å²) < 4.78 is 18.9. The van der Waals surface area contributed by atoms with E-state index in [1.54, 1.807) is 23.5 Å². The van der Waals surface area contributed by atoms with Gasteiger partial charge in [-0.05, 0) is 71.8 Å². The van der Waals surface area contributed by atoms with Crippen molar-refractivity contribution in [2.24, 2.45) is 0 Å². The van der Waals surface area contributed by atoms with E-state index < -0.39 is 30.5 Å². The van der Waals surface area contributed by atoms with Crippen LogP contribution in [0.15, 0.2) is 71.4 Å². The van der Waals surface area contributed by atoms with Crippen LogP contribution in [0.4, 0.5) is 5.69 Å². The van der Waals surface area contributed by atoms with Crippen LogP contribution in [0.25, 0.3) is 0 Å². The summed E-state index contributed by atoms with van der Waals surface area (Å²) in [6.45, 7) is 2.17. The van der Waals surface area contributed by atoms with Crippen molar-refractivity contribution in [3.63, 3.8) is 0 Å². The SMILES string of the molecule is Cc1ccc(OCc2ccsc2)c(NC(=O)c2cc(C(=O)O)nn2CC(=O)O[C@H]2CCCC[C@@H]2OCc2ccccc2)c1. The summed E-state index contributed by atoms with van der Waals surface area (Å²) in [5, 5.41) is 20.3. The molecule has 2 heterocycles. The van der Waals surface area contributed by atoms with Crippen LogP contribution in [-0.4, -0.2) is 44.9 Å². The van der Waals surface area contributed by atoms with E-state index in [0.717, 1.165) is 46.7 Å². The minimum absolute atomic E-state index is 0.0971. The number of nitrogens with zero attached hydrogens (tertiary/aromatic N) is 2. The van der Waals surface area contributed by atoms with Crippen LogP contribution < -0.4 is 10.1 Å². The average molecular weight is 604 g/mol. The Morgan fingerprint density at radius 1 is 1.00 bits per heavy atom. The number of aromatic nitrogens is 2. The normalized spacial score (nSPS) is 16.4. The van der Waals surface area contributed by atoms with E-state index in [9.17, 15) is 19.5 Å². The molecule has 2 aromatic heterocycles. The molecule has 0 bridgehead atoms. The molecule has 1 saturated carbocycles. The van der Waals surface area contributed by atoms with E-state index in [2.05, 4.69) is 10.4 Å². The number of amides is 1. The predicted molar refractivity (Wildman–Crippen MR) is 160 cm³/mol. The molecule has 1 aliphatic carbocycles. The maximum atomic E-state index is 13.4. The number of aryl methyl sites for hydroxylation is 1. The van der Waals surface area contributed by atoms with Crippen molar-refractivity contribution in [2.45, 2.75) is 64.6 Å². The number of anilines is 1.